The predicted molar refractivity (Wildman–Crippen MR) is 105 cm³/mol. The molecule has 1 aliphatic heterocycles. The van der Waals surface area contributed by atoms with E-state index < -0.39 is 0 Å². The molecule has 0 spiro atoms. The number of rotatable bonds is 5. The van der Waals surface area contributed by atoms with E-state index in [1.54, 1.807) is 6.07 Å². The molecule has 0 bridgehead atoms. The summed E-state index contributed by atoms with van der Waals surface area (Å²) in [6.07, 6.45) is 1.22. The van der Waals surface area contributed by atoms with Crippen molar-refractivity contribution in [2.24, 2.45) is 5.92 Å². The highest BCUT2D eigenvalue weighted by molar-refractivity contribution is 9.11. The number of carbonyl (C=O) groups excluding carboxylic acids is 2. The molecule has 132 valence electrons. The maximum absolute atomic E-state index is 12.0. The van der Waals surface area contributed by atoms with Crippen LogP contribution < -0.4 is 15.5 Å². The van der Waals surface area contributed by atoms with Gasteiger partial charge in [0.2, 0.25) is 5.91 Å². The van der Waals surface area contributed by atoms with Crippen LogP contribution in [-0.2, 0) is 4.79 Å². The standard InChI is InChI=1S/C18H20BrN3O2S/c1-12-8-9-22(11-12)14-4-2-13(3-5-14)21-17(23)10-20-18(24)15-6-7-16(19)25-15/h2-7,12H,8-11H2,1H3,(H,20,24)(H,21,23). The van der Waals surface area contributed by atoms with Crippen LogP contribution in [0, 0.1) is 5.92 Å². The van der Waals surface area contributed by atoms with Crippen molar-refractivity contribution in [2.45, 2.75) is 13.3 Å². The largest absolute Gasteiger partial charge is 0.371 e. The number of thiophene rings is 1. The number of benzene rings is 1. The van der Waals surface area contributed by atoms with Crippen molar-refractivity contribution in [3.05, 3.63) is 45.1 Å². The quantitative estimate of drug-likeness (QED) is 0.772. The minimum absolute atomic E-state index is 0.0558. The lowest BCUT2D eigenvalue weighted by atomic mass is 10.2. The summed E-state index contributed by atoms with van der Waals surface area (Å²) < 4.78 is 0.884. The molecule has 7 heteroatoms. The lowest BCUT2D eigenvalue weighted by Crippen LogP contribution is -2.32. The molecule has 1 aromatic carbocycles. The third-order valence-electron chi connectivity index (χ3n) is 4.15. The molecule has 1 saturated heterocycles. The first-order valence-corrected chi connectivity index (χ1v) is 9.80. The van der Waals surface area contributed by atoms with Gasteiger partial charge in [0.05, 0.1) is 15.2 Å². The molecule has 1 aliphatic rings. The van der Waals surface area contributed by atoms with E-state index in [0.29, 0.717) is 4.88 Å². The molecule has 0 radical (unpaired) electrons. The molecule has 2 N–H and O–H groups in total. The van der Waals surface area contributed by atoms with E-state index >= 15 is 0 Å². The molecular formula is C18H20BrN3O2S. The Kier molecular flexibility index (Phi) is 5.75. The fourth-order valence-corrected chi connectivity index (χ4v) is 4.12. The van der Waals surface area contributed by atoms with Gasteiger partial charge >= 0.3 is 0 Å². The zero-order valence-corrected chi connectivity index (χ0v) is 16.3. The van der Waals surface area contributed by atoms with Crippen molar-refractivity contribution in [3.8, 4) is 0 Å². The molecule has 0 saturated carbocycles. The first-order valence-electron chi connectivity index (χ1n) is 8.19. The van der Waals surface area contributed by atoms with Gasteiger partial charge in [-0.2, -0.15) is 0 Å². The van der Waals surface area contributed by atoms with E-state index in [1.165, 1.54) is 23.4 Å². The second kappa shape index (κ2) is 8.01. The molecule has 1 aromatic heterocycles. The molecule has 1 unspecified atom stereocenters. The van der Waals surface area contributed by atoms with Crippen LogP contribution in [-0.4, -0.2) is 31.4 Å². The Balaban J connectivity index is 1.48. The highest BCUT2D eigenvalue weighted by Gasteiger charge is 2.18. The third kappa shape index (κ3) is 4.83. The molecular weight excluding hydrogens is 402 g/mol. The normalized spacial score (nSPS) is 16.7. The molecule has 25 heavy (non-hydrogen) atoms. The summed E-state index contributed by atoms with van der Waals surface area (Å²) >= 11 is 4.65. The Morgan fingerprint density at radius 1 is 1.24 bits per heavy atom. The van der Waals surface area contributed by atoms with Crippen LogP contribution in [0.4, 0.5) is 11.4 Å². The van der Waals surface area contributed by atoms with Crippen molar-refractivity contribution >= 4 is 50.5 Å². The van der Waals surface area contributed by atoms with Crippen LogP contribution in [0.3, 0.4) is 0 Å². The van der Waals surface area contributed by atoms with Gasteiger partial charge in [0.15, 0.2) is 0 Å². The molecule has 2 amide bonds. The Hall–Kier alpha value is -1.86. The van der Waals surface area contributed by atoms with E-state index in [9.17, 15) is 9.59 Å². The van der Waals surface area contributed by atoms with E-state index in [0.717, 1.165) is 28.5 Å². The van der Waals surface area contributed by atoms with Crippen LogP contribution in [0.15, 0.2) is 40.2 Å². The lowest BCUT2D eigenvalue weighted by Gasteiger charge is -2.18. The molecule has 3 rings (SSSR count). The zero-order valence-electron chi connectivity index (χ0n) is 13.9. The number of halogens is 1. The fourth-order valence-electron chi connectivity index (χ4n) is 2.81. The summed E-state index contributed by atoms with van der Waals surface area (Å²) in [5.41, 5.74) is 1.91. The van der Waals surface area contributed by atoms with Crippen LogP contribution in [0.25, 0.3) is 0 Å². The average molecular weight is 422 g/mol. The SMILES string of the molecule is CC1CCN(c2ccc(NC(=O)CNC(=O)c3ccc(Br)s3)cc2)C1. The summed E-state index contributed by atoms with van der Waals surface area (Å²) in [5, 5.41) is 5.43. The number of hydrogen-bond acceptors (Lipinski definition) is 4. The molecule has 1 atom stereocenters. The van der Waals surface area contributed by atoms with Crippen LogP contribution in [0.2, 0.25) is 0 Å². The Morgan fingerprint density at radius 3 is 2.60 bits per heavy atom. The number of carbonyl (C=O) groups is 2. The van der Waals surface area contributed by atoms with Crippen molar-refractivity contribution in [1.29, 1.82) is 0 Å². The number of anilines is 2. The number of nitrogens with one attached hydrogen (secondary N) is 2. The number of amides is 2. The van der Waals surface area contributed by atoms with Gasteiger partial charge in [-0.25, -0.2) is 0 Å². The summed E-state index contributed by atoms with van der Waals surface area (Å²) in [5.74, 6) is 0.239. The molecule has 0 aliphatic carbocycles. The highest BCUT2D eigenvalue weighted by Crippen LogP contribution is 2.25. The zero-order chi connectivity index (χ0) is 17.8. The Bertz CT molecular complexity index is 760. The summed E-state index contributed by atoms with van der Waals surface area (Å²) in [7, 11) is 0. The van der Waals surface area contributed by atoms with Gasteiger partial charge in [0, 0.05) is 24.5 Å². The van der Waals surface area contributed by atoms with Gasteiger partial charge < -0.3 is 15.5 Å². The monoisotopic (exact) mass is 421 g/mol. The summed E-state index contributed by atoms with van der Waals surface area (Å²) in [6, 6.07) is 11.4. The first-order chi connectivity index (χ1) is 12.0. The van der Waals surface area contributed by atoms with E-state index in [4.69, 9.17) is 0 Å². The van der Waals surface area contributed by atoms with Crippen LogP contribution in [0.5, 0.6) is 0 Å². The molecule has 2 aromatic rings. The summed E-state index contributed by atoms with van der Waals surface area (Å²) in [6.45, 7) is 4.37. The topological polar surface area (TPSA) is 61.4 Å². The van der Waals surface area contributed by atoms with Crippen LogP contribution >= 0.6 is 27.3 Å². The van der Waals surface area contributed by atoms with Gasteiger partial charge in [-0.05, 0) is 64.7 Å². The summed E-state index contributed by atoms with van der Waals surface area (Å²) in [4.78, 5) is 26.9. The second-order valence-corrected chi connectivity index (χ2v) is 8.68. The van der Waals surface area contributed by atoms with Crippen molar-refractivity contribution in [3.63, 3.8) is 0 Å². The van der Waals surface area contributed by atoms with Crippen molar-refractivity contribution in [2.75, 3.05) is 29.9 Å². The Labute approximate surface area is 159 Å². The van der Waals surface area contributed by atoms with Gasteiger partial charge in [-0.1, -0.05) is 6.92 Å². The molecule has 1 fully saturated rings. The second-order valence-electron chi connectivity index (χ2n) is 6.22. The first kappa shape index (κ1) is 17.9. The highest BCUT2D eigenvalue weighted by atomic mass is 79.9. The number of nitrogens with zero attached hydrogens (tertiary/aromatic N) is 1. The lowest BCUT2D eigenvalue weighted by molar-refractivity contribution is -0.115. The fraction of sp³-hybridized carbons (Fsp3) is 0.333. The number of hydrogen-bond donors (Lipinski definition) is 2. The predicted octanol–water partition coefficient (Wildman–Crippen LogP) is 3.73. The Morgan fingerprint density at radius 2 is 2.00 bits per heavy atom. The van der Waals surface area contributed by atoms with Gasteiger partial charge in [-0.3, -0.25) is 9.59 Å². The van der Waals surface area contributed by atoms with Crippen molar-refractivity contribution in [1.82, 2.24) is 5.32 Å². The molecule has 5 nitrogen and oxygen atoms in total. The van der Waals surface area contributed by atoms with Gasteiger partial charge in [0.1, 0.15) is 0 Å². The minimum Gasteiger partial charge on any atom is -0.371 e. The van der Waals surface area contributed by atoms with Gasteiger partial charge in [0.25, 0.3) is 5.91 Å². The minimum atomic E-state index is -0.246. The van der Waals surface area contributed by atoms with E-state index in [-0.39, 0.29) is 18.4 Å². The smallest absolute Gasteiger partial charge is 0.261 e. The van der Waals surface area contributed by atoms with Crippen LogP contribution in [0.1, 0.15) is 23.0 Å². The maximum atomic E-state index is 12.0. The third-order valence-corrected chi connectivity index (χ3v) is 5.77. The van der Waals surface area contributed by atoms with E-state index in [1.807, 2.05) is 30.3 Å². The average Bonchev–Trinajstić information content (AvgIpc) is 3.22. The maximum Gasteiger partial charge on any atom is 0.261 e. The molecule has 2 heterocycles. The van der Waals surface area contributed by atoms with Crippen molar-refractivity contribution < 1.29 is 9.59 Å². The van der Waals surface area contributed by atoms with Gasteiger partial charge in [-0.15, -0.1) is 11.3 Å². The van der Waals surface area contributed by atoms with E-state index in [2.05, 4.69) is 38.4 Å².